The van der Waals surface area contributed by atoms with Gasteiger partial charge in [0.05, 0.1) is 0 Å². The zero-order valence-corrected chi connectivity index (χ0v) is 15.1. The molecule has 0 aliphatic heterocycles. The average molecular weight is 446 g/mol. The minimum atomic E-state index is -0.332. The Bertz CT molecular complexity index is 219. The van der Waals surface area contributed by atoms with Gasteiger partial charge in [-0.2, -0.15) is 37.3 Å². The van der Waals surface area contributed by atoms with Crippen LogP contribution in [0, 0.1) is 33.8 Å². The Labute approximate surface area is 135 Å². The summed E-state index contributed by atoms with van der Waals surface area (Å²) in [6, 6.07) is 10.8. The van der Waals surface area contributed by atoms with Crippen molar-refractivity contribution in [3.05, 3.63) is 63.6 Å². The van der Waals surface area contributed by atoms with Crippen LogP contribution in [0.25, 0.3) is 0 Å². The van der Waals surface area contributed by atoms with Crippen LogP contribution in [0.3, 0.4) is 0 Å². The first kappa shape index (κ1) is 21.3. The molecule has 1 aromatic rings. The maximum Gasteiger partial charge on any atom is 0 e. The van der Waals surface area contributed by atoms with Crippen molar-refractivity contribution in [3.63, 3.8) is 0 Å². The molecule has 0 N–H and O–H groups in total. The van der Waals surface area contributed by atoms with E-state index in [1.807, 2.05) is 24.3 Å². The Morgan fingerprint density at radius 3 is 2.13 bits per heavy atom. The summed E-state index contributed by atoms with van der Waals surface area (Å²) in [6.45, 7) is 16.7. The fourth-order valence-electron chi connectivity index (χ4n) is 0.858. The number of benzene rings is 1. The van der Waals surface area contributed by atoms with Crippen LogP contribution in [0.1, 0.15) is 18.9 Å². The molecule has 15 heavy (non-hydrogen) atoms. The largest absolute Gasteiger partial charge is 0.367 e. The molecule has 0 heterocycles. The molecule has 0 bridgehead atoms. The molecule has 0 saturated heterocycles. The summed E-state index contributed by atoms with van der Waals surface area (Å²) in [5, 5.41) is 0. The molecule has 0 amide bonds. The SMILES string of the molecule is [CH2-]C.[CH2-]CC([CH2-])([CH2-])c1[c-]cccc1.[W].[Y]. The summed E-state index contributed by atoms with van der Waals surface area (Å²) in [5.74, 6) is 0. The fraction of sp³-hybridized carbons (Fsp3) is 0.231. The van der Waals surface area contributed by atoms with E-state index in [0.29, 0.717) is 6.42 Å². The molecule has 83 valence electrons. The van der Waals surface area contributed by atoms with Crippen LogP contribution in [0.4, 0.5) is 0 Å². The van der Waals surface area contributed by atoms with Gasteiger partial charge in [0, 0.05) is 53.8 Å². The van der Waals surface area contributed by atoms with E-state index in [4.69, 9.17) is 0 Å². The summed E-state index contributed by atoms with van der Waals surface area (Å²) >= 11 is 0. The van der Waals surface area contributed by atoms with Gasteiger partial charge in [0.15, 0.2) is 0 Å². The summed E-state index contributed by atoms with van der Waals surface area (Å²) in [6.07, 6.45) is 0.688. The first-order valence-corrected chi connectivity index (χ1v) is 4.35. The van der Waals surface area contributed by atoms with Gasteiger partial charge in [0.1, 0.15) is 0 Å². The maximum atomic E-state index is 3.95. The minimum absolute atomic E-state index is 0. The predicted octanol–water partition coefficient (Wildman–Crippen LogP) is 3.45. The first-order chi connectivity index (χ1) is 6.17. The van der Waals surface area contributed by atoms with E-state index in [2.05, 4.69) is 33.8 Å². The van der Waals surface area contributed by atoms with Crippen molar-refractivity contribution >= 4 is 0 Å². The van der Waals surface area contributed by atoms with E-state index in [-0.39, 0.29) is 59.2 Å². The molecule has 0 aliphatic carbocycles. The minimum Gasteiger partial charge on any atom is -0.367 e. The molecule has 2 heteroatoms. The summed E-state index contributed by atoms with van der Waals surface area (Å²) in [7, 11) is 0. The molecule has 0 nitrogen and oxygen atoms in total. The topological polar surface area (TPSA) is 0 Å². The summed E-state index contributed by atoms with van der Waals surface area (Å²) in [5.41, 5.74) is 0.691. The van der Waals surface area contributed by atoms with Gasteiger partial charge < -0.3 is 33.1 Å². The van der Waals surface area contributed by atoms with Gasteiger partial charge in [0.2, 0.25) is 0 Å². The number of rotatable bonds is 2. The van der Waals surface area contributed by atoms with E-state index in [9.17, 15) is 0 Å². The van der Waals surface area contributed by atoms with Crippen LogP contribution in [0.5, 0.6) is 0 Å². The molecular weight excluding hydrogens is 429 g/mol. The third-order valence-electron chi connectivity index (χ3n) is 1.76. The average Bonchev–Trinajstić information content (AvgIpc) is 2.22. The molecule has 1 rings (SSSR count). The zero-order valence-electron chi connectivity index (χ0n) is 9.33. The van der Waals surface area contributed by atoms with E-state index >= 15 is 0 Å². The predicted molar refractivity (Wildman–Crippen MR) is 58.7 cm³/mol. The van der Waals surface area contributed by atoms with Crippen molar-refractivity contribution in [1.82, 2.24) is 0 Å². The van der Waals surface area contributed by atoms with E-state index in [1.54, 1.807) is 6.92 Å². The molecule has 0 unspecified atom stereocenters. The molecule has 0 aliphatic rings. The van der Waals surface area contributed by atoms with Crippen molar-refractivity contribution in [3.8, 4) is 0 Å². The van der Waals surface area contributed by atoms with Gasteiger partial charge in [-0.15, -0.1) is 0 Å². The van der Waals surface area contributed by atoms with Crippen molar-refractivity contribution in [2.24, 2.45) is 0 Å². The molecular formula is C13H17WY-5. The van der Waals surface area contributed by atoms with E-state index in [0.717, 1.165) is 5.56 Å². The van der Waals surface area contributed by atoms with Gasteiger partial charge >= 0.3 is 0 Å². The molecule has 0 fully saturated rings. The fourth-order valence-corrected chi connectivity index (χ4v) is 0.858. The normalized spacial score (nSPS) is 8.87. The van der Waals surface area contributed by atoms with Gasteiger partial charge in [0.25, 0.3) is 0 Å². The summed E-state index contributed by atoms with van der Waals surface area (Å²) in [4.78, 5) is 0. The maximum absolute atomic E-state index is 3.95. The Balaban J connectivity index is -0.000000339. The van der Waals surface area contributed by atoms with Crippen LogP contribution in [0.15, 0.2) is 24.3 Å². The molecule has 0 aromatic heterocycles. The van der Waals surface area contributed by atoms with Crippen LogP contribution in [-0.4, -0.2) is 0 Å². The monoisotopic (exact) mass is 446 g/mol. The number of hydrogen-bond donors (Lipinski definition) is 0. The Morgan fingerprint density at radius 1 is 1.27 bits per heavy atom. The quantitative estimate of drug-likeness (QED) is 0.612. The van der Waals surface area contributed by atoms with Gasteiger partial charge in [-0.05, 0) is 0 Å². The molecule has 1 aromatic carbocycles. The second-order valence-electron chi connectivity index (χ2n) is 2.81. The Kier molecular flexibility index (Phi) is 16.3. The standard InChI is InChI=1S/C11H12.C2H5.W.Y/c1-4-11(2,3)10-8-6-5-7-9-10;1-2;;/h5-8H,1-4H2;1H2,2H3;;/q-4;-1;;. The smallest absolute Gasteiger partial charge is 0 e. The third-order valence-corrected chi connectivity index (χ3v) is 1.76. The van der Waals surface area contributed by atoms with Crippen molar-refractivity contribution in [2.75, 3.05) is 0 Å². The van der Waals surface area contributed by atoms with Crippen LogP contribution in [0.2, 0.25) is 0 Å². The van der Waals surface area contributed by atoms with Crippen LogP contribution >= 0.6 is 0 Å². The molecule has 0 saturated carbocycles. The molecule has 0 spiro atoms. The van der Waals surface area contributed by atoms with Gasteiger partial charge in [-0.3, -0.25) is 0 Å². The van der Waals surface area contributed by atoms with Crippen LogP contribution < -0.4 is 0 Å². The number of hydrogen-bond acceptors (Lipinski definition) is 0. The Morgan fingerprint density at radius 2 is 1.80 bits per heavy atom. The second-order valence-corrected chi connectivity index (χ2v) is 2.81. The zero-order chi connectivity index (χ0) is 10.3. The van der Waals surface area contributed by atoms with Crippen molar-refractivity contribution in [1.29, 1.82) is 0 Å². The third kappa shape index (κ3) is 7.83. The van der Waals surface area contributed by atoms with Crippen molar-refractivity contribution in [2.45, 2.75) is 18.8 Å². The van der Waals surface area contributed by atoms with E-state index in [1.165, 1.54) is 0 Å². The first-order valence-electron chi connectivity index (χ1n) is 4.35. The summed E-state index contributed by atoms with van der Waals surface area (Å²) < 4.78 is 0. The van der Waals surface area contributed by atoms with Crippen molar-refractivity contribution < 1.29 is 53.8 Å². The Hall–Kier alpha value is 1.01. The van der Waals surface area contributed by atoms with Gasteiger partial charge in [-0.1, -0.05) is 0 Å². The van der Waals surface area contributed by atoms with Gasteiger partial charge in [-0.25, -0.2) is 12.0 Å². The molecule has 0 atom stereocenters. The molecule has 1 radical (unpaired) electrons. The van der Waals surface area contributed by atoms with E-state index < -0.39 is 0 Å². The van der Waals surface area contributed by atoms with Crippen LogP contribution in [-0.2, 0) is 59.2 Å². The second kappa shape index (κ2) is 11.5.